The molecule has 2 amide bonds. The normalized spacial score (nSPS) is 11.7. The first-order valence-corrected chi connectivity index (χ1v) is 7.12. The Kier molecular flexibility index (Phi) is 5.54. The minimum absolute atomic E-state index is 0.0540. The lowest BCUT2D eigenvalue weighted by Crippen LogP contribution is -2.32. The van der Waals surface area contributed by atoms with E-state index in [-0.39, 0.29) is 12.4 Å². The van der Waals surface area contributed by atoms with Gasteiger partial charge in [-0.25, -0.2) is 9.18 Å². The van der Waals surface area contributed by atoms with Crippen LogP contribution in [0.3, 0.4) is 0 Å². The van der Waals surface area contributed by atoms with Gasteiger partial charge in [0.25, 0.3) is 0 Å². The number of rotatable bonds is 5. The Bertz CT molecular complexity index is 674. The highest BCUT2D eigenvalue weighted by molar-refractivity contribution is 5.90. The van der Waals surface area contributed by atoms with Crippen molar-refractivity contribution >= 4 is 11.7 Å². The predicted molar refractivity (Wildman–Crippen MR) is 86.1 cm³/mol. The van der Waals surface area contributed by atoms with Gasteiger partial charge in [-0.15, -0.1) is 0 Å². The predicted octanol–water partition coefficient (Wildman–Crippen LogP) is 3.00. The number of aliphatic hydroxyl groups excluding tert-OH is 1. The summed E-state index contributed by atoms with van der Waals surface area (Å²) >= 11 is 0. The van der Waals surface area contributed by atoms with E-state index in [1.807, 2.05) is 0 Å². The lowest BCUT2D eigenvalue weighted by atomic mass is 10.1. The Morgan fingerprint density at radius 1 is 1.26 bits per heavy atom. The maximum absolute atomic E-state index is 13.0. The van der Waals surface area contributed by atoms with Crippen molar-refractivity contribution in [3.05, 3.63) is 59.4 Å². The monoisotopic (exact) mass is 318 g/mol. The number of nitrogens with one attached hydrogen (secondary N) is 2. The van der Waals surface area contributed by atoms with E-state index < -0.39 is 12.1 Å². The van der Waals surface area contributed by atoms with Gasteiger partial charge in [-0.3, -0.25) is 0 Å². The van der Waals surface area contributed by atoms with Crippen LogP contribution in [0.2, 0.25) is 0 Å². The minimum Gasteiger partial charge on any atom is -0.497 e. The summed E-state index contributed by atoms with van der Waals surface area (Å²) in [4.78, 5) is 11.8. The van der Waals surface area contributed by atoms with E-state index in [0.717, 1.165) is 0 Å². The van der Waals surface area contributed by atoms with Crippen LogP contribution in [0.25, 0.3) is 0 Å². The molecule has 1 atom stereocenters. The minimum atomic E-state index is -0.832. The molecule has 0 aromatic heterocycles. The quantitative estimate of drug-likeness (QED) is 0.793. The standard InChI is InChI=1S/C17H19FN2O3/c1-11-9-13(18)5-8-15(11)20-17(22)19-10-16(21)12-3-6-14(23-2)7-4-12/h3-9,16,21H,10H2,1-2H3,(H2,19,20,22). The summed E-state index contributed by atoms with van der Waals surface area (Å²) in [5.41, 5.74) is 1.81. The molecule has 2 aromatic rings. The number of anilines is 1. The van der Waals surface area contributed by atoms with Gasteiger partial charge in [0.1, 0.15) is 11.6 Å². The van der Waals surface area contributed by atoms with Gasteiger partial charge in [-0.2, -0.15) is 0 Å². The van der Waals surface area contributed by atoms with E-state index in [1.54, 1.807) is 38.3 Å². The zero-order valence-corrected chi connectivity index (χ0v) is 13.0. The molecule has 0 saturated carbocycles. The van der Waals surface area contributed by atoms with Gasteiger partial charge in [0.05, 0.1) is 13.2 Å². The summed E-state index contributed by atoms with van der Waals surface area (Å²) in [6.07, 6.45) is -0.832. The number of ether oxygens (including phenoxy) is 1. The lowest BCUT2D eigenvalue weighted by Gasteiger charge is -2.14. The molecule has 0 aliphatic carbocycles. The number of urea groups is 1. The molecule has 0 radical (unpaired) electrons. The molecule has 0 aliphatic rings. The van der Waals surface area contributed by atoms with Crippen molar-refractivity contribution < 1.29 is 19.0 Å². The molecular weight excluding hydrogens is 299 g/mol. The largest absolute Gasteiger partial charge is 0.497 e. The maximum Gasteiger partial charge on any atom is 0.319 e. The topological polar surface area (TPSA) is 70.6 Å². The van der Waals surface area contributed by atoms with Gasteiger partial charge in [-0.1, -0.05) is 12.1 Å². The Hall–Kier alpha value is -2.60. The third-order valence-electron chi connectivity index (χ3n) is 3.39. The molecule has 2 rings (SSSR count). The van der Waals surface area contributed by atoms with Crippen LogP contribution in [0.5, 0.6) is 5.75 Å². The summed E-state index contributed by atoms with van der Waals surface area (Å²) in [5.74, 6) is 0.335. The molecular formula is C17H19FN2O3. The van der Waals surface area contributed by atoms with Gasteiger partial charge in [0.2, 0.25) is 0 Å². The summed E-state index contributed by atoms with van der Waals surface area (Å²) in [6.45, 7) is 1.75. The molecule has 2 aromatic carbocycles. The number of aliphatic hydroxyl groups is 1. The summed E-state index contributed by atoms with van der Waals surface area (Å²) in [7, 11) is 1.56. The molecule has 0 heterocycles. The number of hydrogen-bond donors (Lipinski definition) is 3. The SMILES string of the molecule is COc1ccc(C(O)CNC(=O)Nc2ccc(F)cc2C)cc1. The van der Waals surface area contributed by atoms with E-state index in [0.29, 0.717) is 22.6 Å². The molecule has 0 spiro atoms. The van der Waals surface area contributed by atoms with Crippen molar-refractivity contribution in [1.82, 2.24) is 5.32 Å². The smallest absolute Gasteiger partial charge is 0.319 e. The zero-order chi connectivity index (χ0) is 16.8. The molecule has 23 heavy (non-hydrogen) atoms. The van der Waals surface area contributed by atoms with E-state index in [1.165, 1.54) is 18.2 Å². The highest BCUT2D eigenvalue weighted by atomic mass is 19.1. The lowest BCUT2D eigenvalue weighted by molar-refractivity contribution is 0.175. The number of hydrogen-bond acceptors (Lipinski definition) is 3. The fourth-order valence-corrected chi connectivity index (χ4v) is 2.07. The molecule has 0 fully saturated rings. The van der Waals surface area contributed by atoms with Gasteiger partial charge in [-0.05, 0) is 48.4 Å². The van der Waals surface area contributed by atoms with Crippen molar-refractivity contribution in [2.45, 2.75) is 13.0 Å². The first-order valence-electron chi connectivity index (χ1n) is 7.12. The Labute approximate surface area is 134 Å². The third kappa shape index (κ3) is 4.69. The summed E-state index contributed by atoms with van der Waals surface area (Å²) in [6, 6.07) is 10.6. The Balaban J connectivity index is 1.87. The first-order chi connectivity index (χ1) is 11.0. The van der Waals surface area contributed by atoms with Crippen molar-refractivity contribution in [1.29, 1.82) is 0 Å². The molecule has 0 aliphatic heterocycles. The van der Waals surface area contributed by atoms with Crippen LogP contribution in [-0.4, -0.2) is 24.8 Å². The van der Waals surface area contributed by atoms with Crippen molar-refractivity contribution in [2.75, 3.05) is 19.0 Å². The van der Waals surface area contributed by atoms with Crippen molar-refractivity contribution in [2.24, 2.45) is 0 Å². The maximum atomic E-state index is 13.0. The van der Waals surface area contributed by atoms with Crippen molar-refractivity contribution in [3.63, 3.8) is 0 Å². The molecule has 122 valence electrons. The van der Waals surface area contributed by atoms with Gasteiger partial charge >= 0.3 is 6.03 Å². The third-order valence-corrected chi connectivity index (χ3v) is 3.39. The van der Waals surface area contributed by atoms with Crippen LogP contribution in [0, 0.1) is 12.7 Å². The number of carbonyl (C=O) groups is 1. The van der Waals surface area contributed by atoms with Gasteiger partial charge in [0.15, 0.2) is 0 Å². The van der Waals surface area contributed by atoms with E-state index in [4.69, 9.17) is 4.74 Å². The highest BCUT2D eigenvalue weighted by Gasteiger charge is 2.10. The van der Waals surface area contributed by atoms with E-state index in [2.05, 4.69) is 10.6 Å². The van der Waals surface area contributed by atoms with Crippen LogP contribution >= 0.6 is 0 Å². The van der Waals surface area contributed by atoms with Crippen LogP contribution < -0.4 is 15.4 Å². The summed E-state index contributed by atoms with van der Waals surface area (Å²) in [5, 5.41) is 15.2. The Morgan fingerprint density at radius 2 is 1.96 bits per heavy atom. The second-order valence-corrected chi connectivity index (χ2v) is 5.08. The number of halogens is 1. The average molecular weight is 318 g/mol. The molecule has 5 nitrogen and oxygen atoms in total. The zero-order valence-electron chi connectivity index (χ0n) is 13.0. The highest BCUT2D eigenvalue weighted by Crippen LogP contribution is 2.18. The number of methoxy groups -OCH3 is 1. The van der Waals surface area contributed by atoms with E-state index >= 15 is 0 Å². The van der Waals surface area contributed by atoms with E-state index in [9.17, 15) is 14.3 Å². The number of benzene rings is 2. The van der Waals surface area contributed by atoms with Crippen LogP contribution in [0.15, 0.2) is 42.5 Å². The Morgan fingerprint density at radius 3 is 2.57 bits per heavy atom. The fraction of sp³-hybridized carbons (Fsp3) is 0.235. The van der Waals surface area contributed by atoms with Gasteiger partial charge < -0.3 is 20.5 Å². The molecule has 6 heteroatoms. The number of carbonyl (C=O) groups excluding carboxylic acids is 1. The molecule has 0 bridgehead atoms. The fourth-order valence-electron chi connectivity index (χ4n) is 2.07. The molecule has 1 unspecified atom stereocenters. The van der Waals surface area contributed by atoms with Crippen LogP contribution in [0.1, 0.15) is 17.2 Å². The molecule has 0 saturated heterocycles. The van der Waals surface area contributed by atoms with Crippen LogP contribution in [-0.2, 0) is 0 Å². The average Bonchev–Trinajstić information content (AvgIpc) is 2.55. The first kappa shape index (κ1) is 16.8. The number of amides is 2. The summed E-state index contributed by atoms with van der Waals surface area (Å²) < 4.78 is 18.1. The van der Waals surface area contributed by atoms with Crippen LogP contribution in [0.4, 0.5) is 14.9 Å². The molecule has 3 N–H and O–H groups in total. The second kappa shape index (κ2) is 7.60. The van der Waals surface area contributed by atoms with Gasteiger partial charge in [0, 0.05) is 12.2 Å². The number of aryl methyl sites for hydroxylation is 1. The second-order valence-electron chi connectivity index (χ2n) is 5.08. The van der Waals surface area contributed by atoms with Crippen molar-refractivity contribution in [3.8, 4) is 5.75 Å².